The summed E-state index contributed by atoms with van der Waals surface area (Å²) < 4.78 is 4.48. The summed E-state index contributed by atoms with van der Waals surface area (Å²) in [6.45, 7) is 4.06. The molecular weight excluding hydrogens is 486 g/mol. The highest BCUT2D eigenvalue weighted by atomic mass is 15.0. The summed E-state index contributed by atoms with van der Waals surface area (Å²) in [6.07, 6.45) is 3.76. The second kappa shape index (κ2) is 8.55. The third-order valence-corrected chi connectivity index (χ3v) is 8.11. The average Bonchev–Trinajstić information content (AvgIpc) is 3.57. The Morgan fingerprint density at radius 1 is 0.550 bits per heavy atom. The molecule has 0 saturated carbocycles. The number of para-hydroxylation sites is 2. The molecule has 188 valence electrons. The van der Waals surface area contributed by atoms with Gasteiger partial charge in [-0.3, -0.25) is 9.98 Å². The Bertz CT molecular complexity index is 2350. The van der Waals surface area contributed by atoms with Gasteiger partial charge in [-0.15, -0.1) is 0 Å². The van der Waals surface area contributed by atoms with Crippen LogP contribution < -0.4 is 0 Å². The molecule has 0 spiro atoms. The maximum atomic E-state index is 9.40. The zero-order chi connectivity index (χ0) is 26.8. The highest BCUT2D eigenvalue weighted by Gasteiger charge is 2.19. The standard InChI is InChI=1S/C37H25N3/c1-2-24(25-12-4-3-5-13-25)22-36(38)40-33-19-11-9-17-29(33)30-20-21-34-31(37(30)40)23-35-28-16-7-6-14-26(28)27-15-8-10-18-32(27)39(34)35/h2-23,38H,1H2/b24-22+,38-36?. The van der Waals surface area contributed by atoms with Crippen LogP contribution in [0.25, 0.3) is 65.5 Å². The van der Waals surface area contributed by atoms with Crippen molar-refractivity contribution in [2.45, 2.75) is 0 Å². The molecule has 0 aliphatic rings. The van der Waals surface area contributed by atoms with Crippen molar-refractivity contribution in [1.29, 1.82) is 5.41 Å². The summed E-state index contributed by atoms with van der Waals surface area (Å²) in [5.74, 6) is 0.405. The van der Waals surface area contributed by atoms with Gasteiger partial charge in [-0.25, -0.2) is 0 Å². The van der Waals surface area contributed by atoms with E-state index in [1.165, 1.54) is 27.2 Å². The van der Waals surface area contributed by atoms with E-state index < -0.39 is 0 Å². The van der Waals surface area contributed by atoms with Crippen molar-refractivity contribution in [3.8, 4) is 0 Å². The molecule has 3 aromatic heterocycles. The lowest BCUT2D eigenvalue weighted by atomic mass is 10.1. The Kier molecular flexibility index (Phi) is 4.82. The van der Waals surface area contributed by atoms with Crippen molar-refractivity contribution >= 4 is 71.3 Å². The summed E-state index contributed by atoms with van der Waals surface area (Å²) in [4.78, 5) is 0. The van der Waals surface area contributed by atoms with E-state index >= 15 is 0 Å². The highest BCUT2D eigenvalue weighted by Crippen LogP contribution is 2.39. The molecule has 0 fully saturated rings. The normalized spacial score (nSPS) is 12.3. The van der Waals surface area contributed by atoms with Crippen molar-refractivity contribution in [3.05, 3.63) is 146 Å². The van der Waals surface area contributed by atoms with Gasteiger partial charge in [0.1, 0.15) is 5.84 Å². The molecule has 8 aromatic rings. The molecule has 1 N–H and O–H groups in total. The lowest BCUT2D eigenvalue weighted by Gasteiger charge is -2.10. The zero-order valence-electron chi connectivity index (χ0n) is 21.8. The van der Waals surface area contributed by atoms with Gasteiger partial charge in [0.2, 0.25) is 0 Å². The molecule has 3 nitrogen and oxygen atoms in total. The minimum Gasteiger partial charge on any atom is -0.309 e. The molecule has 0 amide bonds. The Morgan fingerprint density at radius 2 is 1.12 bits per heavy atom. The predicted molar refractivity (Wildman–Crippen MR) is 171 cm³/mol. The van der Waals surface area contributed by atoms with Crippen LogP contribution in [-0.2, 0) is 0 Å². The first-order valence-electron chi connectivity index (χ1n) is 13.5. The van der Waals surface area contributed by atoms with Gasteiger partial charge in [-0.2, -0.15) is 0 Å². The van der Waals surface area contributed by atoms with E-state index in [4.69, 9.17) is 0 Å². The molecule has 8 rings (SSSR count). The fourth-order valence-corrected chi connectivity index (χ4v) is 6.39. The molecule has 0 saturated heterocycles. The number of nitrogens with one attached hydrogen (secondary N) is 1. The molecule has 0 aliphatic carbocycles. The van der Waals surface area contributed by atoms with Crippen LogP contribution >= 0.6 is 0 Å². The van der Waals surface area contributed by atoms with Gasteiger partial charge in [0.05, 0.1) is 27.6 Å². The average molecular weight is 512 g/mol. The summed E-state index contributed by atoms with van der Waals surface area (Å²) in [6, 6.07) is 42.6. The smallest absolute Gasteiger partial charge is 0.130 e. The molecule has 0 bridgehead atoms. The third-order valence-electron chi connectivity index (χ3n) is 8.11. The molecule has 5 aromatic carbocycles. The number of pyridine rings is 1. The summed E-state index contributed by atoms with van der Waals surface area (Å²) in [5.41, 5.74) is 7.52. The predicted octanol–water partition coefficient (Wildman–Crippen LogP) is 9.60. The number of allylic oxidation sites excluding steroid dienone is 3. The van der Waals surface area contributed by atoms with Crippen molar-refractivity contribution in [1.82, 2.24) is 8.97 Å². The van der Waals surface area contributed by atoms with E-state index in [9.17, 15) is 5.41 Å². The number of nitrogens with zero attached hydrogens (tertiary/aromatic N) is 2. The van der Waals surface area contributed by atoms with Crippen LogP contribution in [0.3, 0.4) is 0 Å². The molecule has 0 atom stereocenters. The Morgan fingerprint density at radius 3 is 1.85 bits per heavy atom. The summed E-state index contributed by atoms with van der Waals surface area (Å²) in [5, 5.41) is 16.5. The lowest BCUT2D eigenvalue weighted by Crippen LogP contribution is -2.08. The quantitative estimate of drug-likeness (QED) is 0.106. The Labute approximate surface area is 231 Å². The minimum atomic E-state index is 0.405. The molecule has 0 radical (unpaired) electrons. The molecular formula is C37H25N3. The number of fused-ring (bicyclic) bond motifs is 12. The van der Waals surface area contributed by atoms with E-state index in [0.717, 1.165) is 43.8 Å². The summed E-state index contributed by atoms with van der Waals surface area (Å²) in [7, 11) is 0. The van der Waals surface area contributed by atoms with Crippen molar-refractivity contribution in [2.75, 3.05) is 0 Å². The first-order valence-corrected chi connectivity index (χ1v) is 13.5. The van der Waals surface area contributed by atoms with E-state index in [2.05, 4.69) is 119 Å². The van der Waals surface area contributed by atoms with Gasteiger partial charge >= 0.3 is 0 Å². The van der Waals surface area contributed by atoms with Gasteiger partial charge in [-0.1, -0.05) is 110 Å². The van der Waals surface area contributed by atoms with Crippen LogP contribution in [0, 0.1) is 5.41 Å². The number of aromatic nitrogens is 2. The number of hydrogen-bond donors (Lipinski definition) is 1. The number of hydrogen-bond acceptors (Lipinski definition) is 1. The number of benzene rings is 5. The molecule has 3 heteroatoms. The number of rotatable bonds is 3. The van der Waals surface area contributed by atoms with E-state index in [1.54, 1.807) is 0 Å². The van der Waals surface area contributed by atoms with Crippen molar-refractivity contribution < 1.29 is 0 Å². The fraction of sp³-hybridized carbons (Fsp3) is 0. The topological polar surface area (TPSA) is 33.2 Å². The second-order valence-corrected chi connectivity index (χ2v) is 10.2. The maximum Gasteiger partial charge on any atom is 0.130 e. The fourth-order valence-electron chi connectivity index (χ4n) is 6.39. The third kappa shape index (κ3) is 3.09. The van der Waals surface area contributed by atoms with Gasteiger partial charge < -0.3 is 4.40 Å². The Balaban J connectivity index is 1.53. The minimum absolute atomic E-state index is 0.405. The molecule has 0 aliphatic heterocycles. The zero-order valence-corrected chi connectivity index (χ0v) is 21.8. The van der Waals surface area contributed by atoms with Gasteiger partial charge in [-0.05, 0) is 46.9 Å². The SMILES string of the molecule is C=C/C(=C\C(=N)n1c2ccccc2c2ccc3c(cc4c5ccccc5c5ccccc5n43)c21)c1ccccc1. The van der Waals surface area contributed by atoms with Crippen LogP contribution in [0.5, 0.6) is 0 Å². The Hall–Kier alpha value is -5.41. The first kappa shape index (κ1) is 22.6. The van der Waals surface area contributed by atoms with E-state index in [-0.39, 0.29) is 0 Å². The molecule has 3 heterocycles. The van der Waals surface area contributed by atoms with Crippen LogP contribution in [0.4, 0.5) is 0 Å². The van der Waals surface area contributed by atoms with Crippen LogP contribution in [0.1, 0.15) is 5.56 Å². The second-order valence-electron chi connectivity index (χ2n) is 10.2. The van der Waals surface area contributed by atoms with E-state index in [0.29, 0.717) is 5.84 Å². The monoisotopic (exact) mass is 511 g/mol. The van der Waals surface area contributed by atoms with Crippen molar-refractivity contribution in [3.63, 3.8) is 0 Å². The molecule has 0 unspecified atom stereocenters. The van der Waals surface area contributed by atoms with Crippen LogP contribution in [0.2, 0.25) is 0 Å². The lowest BCUT2D eigenvalue weighted by molar-refractivity contribution is 1.25. The molecule has 40 heavy (non-hydrogen) atoms. The van der Waals surface area contributed by atoms with Gasteiger partial charge in [0.25, 0.3) is 0 Å². The van der Waals surface area contributed by atoms with Gasteiger partial charge in [0, 0.05) is 26.9 Å². The first-order chi connectivity index (χ1) is 19.7. The highest BCUT2D eigenvalue weighted by molar-refractivity contribution is 6.25. The largest absolute Gasteiger partial charge is 0.309 e. The maximum absolute atomic E-state index is 9.40. The van der Waals surface area contributed by atoms with E-state index in [1.807, 2.05) is 30.4 Å². The van der Waals surface area contributed by atoms with Crippen LogP contribution in [-0.4, -0.2) is 14.8 Å². The van der Waals surface area contributed by atoms with Gasteiger partial charge in [0.15, 0.2) is 0 Å². The van der Waals surface area contributed by atoms with Crippen LogP contribution in [0.15, 0.2) is 140 Å². The summed E-state index contributed by atoms with van der Waals surface area (Å²) >= 11 is 0. The van der Waals surface area contributed by atoms with Crippen molar-refractivity contribution in [2.24, 2.45) is 0 Å².